The van der Waals surface area contributed by atoms with Crippen LogP contribution in [0.25, 0.3) is 0 Å². The summed E-state index contributed by atoms with van der Waals surface area (Å²) in [5.74, 6) is 1.36. The molecule has 226 valence electrons. The van der Waals surface area contributed by atoms with Gasteiger partial charge in [0.05, 0.1) is 0 Å². The van der Waals surface area contributed by atoms with E-state index in [1.54, 1.807) is 6.92 Å². The zero-order valence-electron chi connectivity index (χ0n) is 25.6. The van der Waals surface area contributed by atoms with Crippen LogP contribution in [0.3, 0.4) is 0 Å². The molecule has 6 heteroatoms. The molecule has 0 radical (unpaired) electrons. The fraction of sp³-hybridized carbons (Fsp3) is 0.879. The Bertz CT molecular complexity index is 679. The summed E-state index contributed by atoms with van der Waals surface area (Å²) in [6.45, 7) is 7.52. The first-order chi connectivity index (χ1) is 18.9. The molecule has 0 aromatic carbocycles. The zero-order chi connectivity index (χ0) is 28.6. The molecule has 39 heavy (non-hydrogen) atoms. The average molecular weight is 549 g/mol. The Hall–Kier alpha value is -1.72. The smallest absolute Gasteiger partial charge is 0.222 e. The summed E-state index contributed by atoms with van der Waals surface area (Å²) in [5.41, 5.74) is 0. The van der Waals surface area contributed by atoms with Crippen LogP contribution in [-0.2, 0) is 19.2 Å². The second kappa shape index (κ2) is 24.1. The fourth-order valence-electron chi connectivity index (χ4n) is 5.43. The molecule has 2 saturated heterocycles. The van der Waals surface area contributed by atoms with E-state index in [4.69, 9.17) is 0 Å². The molecule has 0 bridgehead atoms. The van der Waals surface area contributed by atoms with E-state index in [2.05, 4.69) is 6.92 Å². The van der Waals surface area contributed by atoms with E-state index >= 15 is 0 Å². The van der Waals surface area contributed by atoms with Crippen LogP contribution in [0.4, 0.5) is 0 Å². The van der Waals surface area contributed by atoms with Crippen molar-refractivity contribution in [2.75, 3.05) is 26.2 Å². The van der Waals surface area contributed by atoms with Crippen LogP contribution in [-0.4, -0.2) is 59.4 Å². The molecule has 0 atom stereocenters. The third-order valence-corrected chi connectivity index (χ3v) is 7.99. The zero-order valence-corrected chi connectivity index (χ0v) is 25.6. The predicted octanol–water partition coefficient (Wildman–Crippen LogP) is 7.81. The molecule has 2 heterocycles. The van der Waals surface area contributed by atoms with E-state index in [0.717, 1.165) is 122 Å². The lowest BCUT2D eigenvalue weighted by Crippen LogP contribution is -2.31. The van der Waals surface area contributed by atoms with Gasteiger partial charge in [0.2, 0.25) is 11.8 Å². The van der Waals surface area contributed by atoms with Gasteiger partial charge in [-0.2, -0.15) is 0 Å². The average Bonchev–Trinajstić information content (AvgIpc) is 3.25. The summed E-state index contributed by atoms with van der Waals surface area (Å²) in [7, 11) is 0. The lowest BCUT2D eigenvalue weighted by Gasteiger charge is -2.20. The standard InChI is InChI=1S/C20H37NO2.C13H23NO2/c1-2-3-4-5-6-9-14-19(22)15-10-7-12-17-21-18-13-8-11-16-20(21)23;1-12(15)8-4-2-6-10-14-11-7-3-5-9-13(14)16/h2-18H2,1H3;2-11H2,1H3. The van der Waals surface area contributed by atoms with Gasteiger partial charge in [-0.05, 0) is 64.7 Å². The second-order valence-corrected chi connectivity index (χ2v) is 11.8. The summed E-state index contributed by atoms with van der Waals surface area (Å²) >= 11 is 0. The fourth-order valence-corrected chi connectivity index (χ4v) is 5.43. The molecule has 2 aliphatic rings. The number of rotatable bonds is 19. The van der Waals surface area contributed by atoms with Crippen molar-refractivity contribution in [1.82, 2.24) is 9.80 Å². The molecule has 0 unspecified atom stereocenters. The van der Waals surface area contributed by atoms with E-state index in [1.165, 1.54) is 44.9 Å². The molecule has 2 amide bonds. The Morgan fingerprint density at radius 2 is 1.00 bits per heavy atom. The Labute approximate surface area is 240 Å². The van der Waals surface area contributed by atoms with Gasteiger partial charge in [0.15, 0.2) is 0 Å². The normalized spacial score (nSPS) is 16.4. The number of amides is 2. The molecule has 0 aromatic rings. The number of hydrogen-bond acceptors (Lipinski definition) is 4. The maximum atomic E-state index is 11.9. The highest BCUT2D eigenvalue weighted by atomic mass is 16.2. The predicted molar refractivity (Wildman–Crippen MR) is 161 cm³/mol. The Morgan fingerprint density at radius 3 is 1.49 bits per heavy atom. The summed E-state index contributed by atoms with van der Waals surface area (Å²) in [4.78, 5) is 50.1. The molecule has 2 rings (SSSR count). The highest BCUT2D eigenvalue weighted by Gasteiger charge is 2.16. The minimum Gasteiger partial charge on any atom is -0.343 e. The molecule has 2 aliphatic heterocycles. The monoisotopic (exact) mass is 548 g/mol. The minimum absolute atomic E-state index is 0.269. The molecule has 6 nitrogen and oxygen atoms in total. The third-order valence-electron chi connectivity index (χ3n) is 7.99. The van der Waals surface area contributed by atoms with Crippen molar-refractivity contribution in [3.05, 3.63) is 0 Å². The summed E-state index contributed by atoms with van der Waals surface area (Å²) < 4.78 is 0. The van der Waals surface area contributed by atoms with E-state index in [-0.39, 0.29) is 5.78 Å². The van der Waals surface area contributed by atoms with Crippen molar-refractivity contribution in [2.24, 2.45) is 0 Å². The molecule has 0 spiro atoms. The van der Waals surface area contributed by atoms with E-state index in [0.29, 0.717) is 24.0 Å². The van der Waals surface area contributed by atoms with Crippen molar-refractivity contribution in [1.29, 1.82) is 0 Å². The van der Waals surface area contributed by atoms with Crippen molar-refractivity contribution in [3.8, 4) is 0 Å². The first kappa shape index (κ1) is 35.3. The molecule has 0 N–H and O–H groups in total. The largest absolute Gasteiger partial charge is 0.343 e. The van der Waals surface area contributed by atoms with Gasteiger partial charge < -0.3 is 14.6 Å². The molecule has 0 aromatic heterocycles. The van der Waals surface area contributed by atoms with Crippen LogP contribution in [0.1, 0.15) is 162 Å². The topological polar surface area (TPSA) is 74.8 Å². The van der Waals surface area contributed by atoms with Gasteiger partial charge in [-0.3, -0.25) is 14.4 Å². The molecular weight excluding hydrogens is 488 g/mol. The molecular formula is C33H60N2O4. The van der Waals surface area contributed by atoms with Crippen molar-refractivity contribution < 1.29 is 19.2 Å². The first-order valence-electron chi connectivity index (χ1n) is 16.5. The van der Waals surface area contributed by atoms with Crippen LogP contribution in [0.5, 0.6) is 0 Å². The van der Waals surface area contributed by atoms with Crippen molar-refractivity contribution >= 4 is 23.4 Å². The van der Waals surface area contributed by atoms with Crippen LogP contribution in [0.2, 0.25) is 0 Å². The van der Waals surface area contributed by atoms with Gasteiger partial charge in [-0.25, -0.2) is 0 Å². The summed E-state index contributed by atoms with van der Waals surface area (Å²) in [6, 6.07) is 0. The Morgan fingerprint density at radius 1 is 0.564 bits per heavy atom. The van der Waals surface area contributed by atoms with Gasteiger partial charge in [0.25, 0.3) is 0 Å². The Kier molecular flexibility index (Phi) is 21.8. The van der Waals surface area contributed by atoms with E-state index in [1.807, 2.05) is 9.80 Å². The number of likely N-dealkylation sites (tertiary alicyclic amines) is 2. The van der Waals surface area contributed by atoms with Crippen molar-refractivity contribution in [3.63, 3.8) is 0 Å². The molecule has 2 fully saturated rings. The number of carbonyl (C=O) groups is 4. The maximum absolute atomic E-state index is 11.9. The summed E-state index contributed by atoms with van der Waals surface area (Å²) in [6.07, 6.45) is 24.1. The number of Topliss-reactive ketones (excluding diaryl/α,β-unsaturated/α-hetero) is 2. The third kappa shape index (κ3) is 19.9. The van der Waals surface area contributed by atoms with Gasteiger partial charge >= 0.3 is 0 Å². The van der Waals surface area contributed by atoms with Gasteiger partial charge in [-0.1, -0.05) is 64.7 Å². The number of carbonyl (C=O) groups excluding carboxylic acids is 4. The summed E-state index contributed by atoms with van der Waals surface area (Å²) in [5, 5.41) is 0. The van der Waals surface area contributed by atoms with Crippen LogP contribution in [0, 0.1) is 0 Å². The minimum atomic E-state index is 0.269. The number of unbranched alkanes of at least 4 members (excludes halogenated alkanes) is 9. The highest BCUT2D eigenvalue weighted by molar-refractivity contribution is 5.78. The van der Waals surface area contributed by atoms with Gasteiger partial charge in [0.1, 0.15) is 11.6 Å². The van der Waals surface area contributed by atoms with Crippen LogP contribution >= 0.6 is 0 Å². The number of nitrogens with zero attached hydrogens (tertiary/aromatic N) is 2. The number of ketones is 2. The van der Waals surface area contributed by atoms with Crippen LogP contribution < -0.4 is 0 Å². The van der Waals surface area contributed by atoms with E-state index in [9.17, 15) is 19.2 Å². The van der Waals surface area contributed by atoms with E-state index < -0.39 is 0 Å². The quantitative estimate of drug-likeness (QED) is 0.154. The van der Waals surface area contributed by atoms with Gasteiger partial charge in [0, 0.05) is 58.3 Å². The first-order valence-corrected chi connectivity index (χ1v) is 16.5. The maximum Gasteiger partial charge on any atom is 0.222 e. The van der Waals surface area contributed by atoms with Gasteiger partial charge in [-0.15, -0.1) is 0 Å². The Balaban J connectivity index is 0.000000416. The number of hydrogen-bond donors (Lipinski definition) is 0. The highest BCUT2D eigenvalue weighted by Crippen LogP contribution is 2.14. The van der Waals surface area contributed by atoms with Crippen LogP contribution in [0.15, 0.2) is 0 Å². The SMILES string of the molecule is CC(=O)CCCCCN1CCCCCC1=O.CCCCCCCCC(=O)CCCCCN1CCCCCC1=O. The lowest BCUT2D eigenvalue weighted by molar-refractivity contribution is -0.131. The van der Waals surface area contributed by atoms with Crippen molar-refractivity contribution in [2.45, 2.75) is 162 Å². The molecule has 0 saturated carbocycles. The second-order valence-electron chi connectivity index (χ2n) is 11.8. The molecule has 0 aliphatic carbocycles. The lowest BCUT2D eigenvalue weighted by atomic mass is 10.0.